The number of ether oxygens (including phenoxy) is 1. The largest absolute Gasteiger partial charge is 0.495 e. The molecule has 4 rings (SSSR count). The van der Waals surface area contributed by atoms with Crippen molar-refractivity contribution in [1.82, 2.24) is 9.36 Å². The van der Waals surface area contributed by atoms with E-state index in [1.54, 1.807) is 27.6 Å². The van der Waals surface area contributed by atoms with Gasteiger partial charge in [-0.25, -0.2) is 4.68 Å². The number of halogens is 1. The van der Waals surface area contributed by atoms with Gasteiger partial charge in [0.1, 0.15) is 17.5 Å². The van der Waals surface area contributed by atoms with Crippen molar-refractivity contribution in [2.45, 2.75) is 13.0 Å². The summed E-state index contributed by atoms with van der Waals surface area (Å²) in [5.41, 5.74) is 2.78. The number of nitrogens with one attached hydrogen (secondary N) is 2. The lowest BCUT2D eigenvalue weighted by Gasteiger charge is -2.19. The number of rotatable bonds is 7. The molecule has 0 aliphatic rings. The van der Waals surface area contributed by atoms with Crippen LogP contribution in [0.4, 0.5) is 11.4 Å². The van der Waals surface area contributed by atoms with Crippen LogP contribution in [0, 0.1) is 6.92 Å². The molecule has 4 aromatic rings. The van der Waals surface area contributed by atoms with E-state index in [1.807, 2.05) is 74.6 Å². The first-order chi connectivity index (χ1) is 16.4. The summed E-state index contributed by atoms with van der Waals surface area (Å²) in [5.74, 6) is 0.181. The monoisotopic (exact) mass is 476 g/mol. The molecule has 0 aliphatic carbocycles. The Morgan fingerprint density at radius 3 is 2.26 bits per heavy atom. The number of hydrogen-bond acceptors (Lipinski definition) is 4. The first kappa shape index (κ1) is 23.2. The maximum absolute atomic E-state index is 13.4. The van der Waals surface area contributed by atoms with E-state index in [0.717, 1.165) is 5.69 Å². The van der Waals surface area contributed by atoms with E-state index in [-0.39, 0.29) is 11.5 Å². The molecule has 2 N–H and O–H groups in total. The Bertz CT molecular complexity index is 1360. The van der Waals surface area contributed by atoms with Crippen molar-refractivity contribution in [3.8, 4) is 11.4 Å². The van der Waals surface area contributed by atoms with Crippen LogP contribution in [0.3, 0.4) is 0 Å². The molecule has 0 spiro atoms. The molecule has 0 radical (unpaired) electrons. The lowest BCUT2D eigenvalue weighted by molar-refractivity contribution is -0.117. The molecule has 0 bridgehead atoms. The molecule has 3 aromatic carbocycles. The molecular weight excluding hydrogens is 452 g/mol. The summed E-state index contributed by atoms with van der Waals surface area (Å²) < 4.78 is 8.52. The van der Waals surface area contributed by atoms with Crippen LogP contribution in [-0.2, 0) is 11.8 Å². The number of carbonyl (C=O) groups is 1. The molecule has 8 heteroatoms. The van der Waals surface area contributed by atoms with E-state index in [2.05, 4.69) is 10.6 Å². The van der Waals surface area contributed by atoms with Crippen LogP contribution >= 0.6 is 11.6 Å². The summed E-state index contributed by atoms with van der Waals surface area (Å²) >= 11 is 6.22. The van der Waals surface area contributed by atoms with E-state index in [0.29, 0.717) is 33.4 Å². The number of amides is 1. The van der Waals surface area contributed by atoms with Crippen LogP contribution in [0.2, 0.25) is 5.02 Å². The first-order valence-electron chi connectivity index (χ1n) is 10.7. The zero-order valence-electron chi connectivity index (χ0n) is 19.1. The minimum Gasteiger partial charge on any atom is -0.495 e. The van der Waals surface area contributed by atoms with Crippen LogP contribution in [0.25, 0.3) is 5.69 Å². The average molecular weight is 477 g/mol. The third kappa shape index (κ3) is 4.56. The number of methoxy groups -OCH3 is 1. The zero-order valence-corrected chi connectivity index (χ0v) is 19.8. The minimum absolute atomic E-state index is 0.243. The summed E-state index contributed by atoms with van der Waals surface area (Å²) in [6, 6.07) is 22.8. The fourth-order valence-corrected chi connectivity index (χ4v) is 4.04. The minimum atomic E-state index is -0.819. The van der Waals surface area contributed by atoms with Gasteiger partial charge >= 0.3 is 0 Å². The zero-order chi connectivity index (χ0) is 24.2. The maximum Gasteiger partial charge on any atom is 0.295 e. The molecule has 174 valence electrons. The van der Waals surface area contributed by atoms with E-state index in [4.69, 9.17) is 16.3 Å². The van der Waals surface area contributed by atoms with Crippen molar-refractivity contribution in [2.75, 3.05) is 17.7 Å². The van der Waals surface area contributed by atoms with Crippen LogP contribution < -0.4 is 20.9 Å². The fourth-order valence-electron chi connectivity index (χ4n) is 3.78. The molecule has 1 atom stereocenters. The molecular formula is C26H25ClN4O3. The molecule has 1 heterocycles. The quantitative estimate of drug-likeness (QED) is 0.396. The molecule has 1 amide bonds. The number of benzene rings is 3. The first-order valence-corrected chi connectivity index (χ1v) is 11.1. The molecule has 0 aliphatic heterocycles. The molecule has 1 aromatic heterocycles. The predicted molar refractivity (Wildman–Crippen MR) is 135 cm³/mol. The van der Waals surface area contributed by atoms with E-state index < -0.39 is 6.04 Å². The van der Waals surface area contributed by atoms with E-state index in [1.165, 1.54) is 7.11 Å². The molecule has 0 saturated carbocycles. The molecule has 0 saturated heterocycles. The Morgan fingerprint density at radius 2 is 1.65 bits per heavy atom. The SMILES string of the molecule is COc1ccc(NC(=O)C(Nc2c(C)n(C)n(-c3ccccc3)c2=O)c2ccccc2)cc1Cl. The number of para-hydroxylation sites is 1. The van der Waals surface area contributed by atoms with Crippen molar-refractivity contribution in [1.29, 1.82) is 0 Å². The summed E-state index contributed by atoms with van der Waals surface area (Å²) in [7, 11) is 3.34. The van der Waals surface area contributed by atoms with Crippen molar-refractivity contribution in [3.05, 3.63) is 105 Å². The van der Waals surface area contributed by atoms with Crippen molar-refractivity contribution < 1.29 is 9.53 Å². The van der Waals surface area contributed by atoms with Crippen molar-refractivity contribution >= 4 is 28.9 Å². The number of anilines is 2. The van der Waals surface area contributed by atoms with Gasteiger partial charge in [0.15, 0.2) is 0 Å². The predicted octanol–water partition coefficient (Wildman–Crippen LogP) is 4.94. The fraction of sp³-hybridized carbons (Fsp3) is 0.154. The summed E-state index contributed by atoms with van der Waals surface area (Å²) in [4.78, 5) is 26.8. The number of aromatic nitrogens is 2. The summed E-state index contributed by atoms with van der Waals surface area (Å²) in [5, 5.41) is 6.47. The Hall–Kier alpha value is -3.97. The Balaban J connectivity index is 1.70. The maximum atomic E-state index is 13.4. The van der Waals surface area contributed by atoms with Gasteiger partial charge in [0, 0.05) is 12.7 Å². The smallest absolute Gasteiger partial charge is 0.295 e. The van der Waals surface area contributed by atoms with Gasteiger partial charge in [-0.1, -0.05) is 60.1 Å². The highest BCUT2D eigenvalue weighted by Crippen LogP contribution is 2.28. The second-order valence-electron chi connectivity index (χ2n) is 7.76. The van der Waals surface area contributed by atoms with Gasteiger partial charge in [-0.15, -0.1) is 0 Å². The van der Waals surface area contributed by atoms with Gasteiger partial charge < -0.3 is 15.4 Å². The number of carbonyl (C=O) groups excluding carboxylic acids is 1. The summed E-state index contributed by atoms with van der Waals surface area (Å²) in [6.45, 7) is 1.84. The number of nitrogens with zero attached hydrogens (tertiary/aromatic N) is 2. The van der Waals surface area contributed by atoms with Crippen LogP contribution in [-0.4, -0.2) is 22.4 Å². The standard InChI is InChI=1S/C26H25ClN4O3/c1-17-23(26(33)31(30(17)2)20-12-8-5-9-13-20)29-24(18-10-6-4-7-11-18)25(32)28-19-14-15-22(34-3)21(27)16-19/h4-16,24,29H,1-3H3,(H,28,32). The third-order valence-corrected chi connectivity index (χ3v) is 5.95. The van der Waals surface area contributed by atoms with Crippen LogP contribution in [0.5, 0.6) is 5.75 Å². The van der Waals surface area contributed by atoms with Gasteiger partial charge in [-0.2, -0.15) is 0 Å². The van der Waals surface area contributed by atoms with Crippen LogP contribution in [0.15, 0.2) is 83.7 Å². The van der Waals surface area contributed by atoms with Crippen LogP contribution in [0.1, 0.15) is 17.3 Å². The molecule has 1 unspecified atom stereocenters. The molecule has 0 fully saturated rings. The van der Waals surface area contributed by atoms with E-state index >= 15 is 0 Å². The molecule has 34 heavy (non-hydrogen) atoms. The Kier molecular flexibility index (Phi) is 6.75. The van der Waals surface area contributed by atoms with Gasteiger partial charge in [0.25, 0.3) is 11.5 Å². The Morgan fingerprint density at radius 1 is 1.00 bits per heavy atom. The lowest BCUT2D eigenvalue weighted by atomic mass is 10.1. The highest BCUT2D eigenvalue weighted by atomic mass is 35.5. The van der Waals surface area contributed by atoms with Gasteiger partial charge in [-0.05, 0) is 42.8 Å². The van der Waals surface area contributed by atoms with Crippen molar-refractivity contribution in [3.63, 3.8) is 0 Å². The second kappa shape index (κ2) is 9.89. The normalized spacial score (nSPS) is 11.6. The van der Waals surface area contributed by atoms with Gasteiger partial charge in [-0.3, -0.25) is 14.3 Å². The second-order valence-corrected chi connectivity index (χ2v) is 8.17. The van der Waals surface area contributed by atoms with Gasteiger partial charge in [0.05, 0.1) is 23.5 Å². The number of hydrogen-bond donors (Lipinski definition) is 2. The lowest BCUT2D eigenvalue weighted by Crippen LogP contribution is -2.29. The third-order valence-electron chi connectivity index (χ3n) is 5.66. The average Bonchev–Trinajstić information content (AvgIpc) is 3.06. The van der Waals surface area contributed by atoms with Gasteiger partial charge in [0.2, 0.25) is 0 Å². The Labute approximate surface area is 202 Å². The molecule has 7 nitrogen and oxygen atoms in total. The highest BCUT2D eigenvalue weighted by molar-refractivity contribution is 6.32. The topological polar surface area (TPSA) is 77.3 Å². The van der Waals surface area contributed by atoms with E-state index in [9.17, 15) is 9.59 Å². The summed E-state index contributed by atoms with van der Waals surface area (Å²) in [6.07, 6.45) is 0. The highest BCUT2D eigenvalue weighted by Gasteiger charge is 2.25. The van der Waals surface area contributed by atoms with Crippen molar-refractivity contribution in [2.24, 2.45) is 7.05 Å².